The second-order valence-electron chi connectivity index (χ2n) is 4.55. The van der Waals surface area contributed by atoms with Crippen LogP contribution in [0, 0.1) is 5.92 Å². The van der Waals surface area contributed by atoms with E-state index in [1.165, 1.54) is 0 Å². The quantitative estimate of drug-likeness (QED) is 0.243. The Hall–Kier alpha value is -1.26. The molecule has 1 aliphatic carbocycles. The van der Waals surface area contributed by atoms with Crippen LogP contribution in [0.25, 0.3) is 10.4 Å². The molecule has 1 N–H and O–H groups in total. The van der Waals surface area contributed by atoms with Gasteiger partial charge in [-0.15, -0.1) is 0 Å². The maximum atomic E-state index is 11.8. The summed E-state index contributed by atoms with van der Waals surface area (Å²) < 4.78 is 5.09. The van der Waals surface area contributed by atoms with Gasteiger partial charge in [0, 0.05) is 11.5 Å². The highest BCUT2D eigenvalue weighted by atomic mass is 16.5. The van der Waals surface area contributed by atoms with Gasteiger partial charge in [0.05, 0.1) is 6.61 Å². The molecule has 96 valence electrons. The van der Waals surface area contributed by atoms with Crippen LogP contribution in [-0.4, -0.2) is 31.2 Å². The van der Waals surface area contributed by atoms with Gasteiger partial charge in [-0.25, -0.2) is 0 Å². The minimum atomic E-state index is -0.494. The zero-order chi connectivity index (χ0) is 12.7. The lowest BCUT2D eigenvalue weighted by Crippen LogP contribution is -2.61. The topological polar surface area (TPSA) is 87.1 Å². The maximum Gasteiger partial charge on any atom is 0.326 e. The number of nitrogens with one attached hydrogen (secondary N) is 1. The van der Waals surface area contributed by atoms with Crippen molar-refractivity contribution < 1.29 is 9.53 Å². The Balaban J connectivity index is 2.38. The van der Waals surface area contributed by atoms with Crippen molar-refractivity contribution in [1.82, 2.24) is 5.32 Å². The van der Waals surface area contributed by atoms with Crippen LogP contribution in [0.1, 0.15) is 33.1 Å². The number of nitrogens with zero attached hydrogens (tertiary/aromatic N) is 3. The SMILES string of the molecule is CCOC(=O)C1(NCCCN=[N+]=[N-])CC(C)C1. The van der Waals surface area contributed by atoms with Gasteiger partial charge in [-0.3, -0.25) is 4.79 Å². The van der Waals surface area contributed by atoms with Gasteiger partial charge in [-0.2, -0.15) is 0 Å². The van der Waals surface area contributed by atoms with E-state index in [0.29, 0.717) is 25.6 Å². The lowest BCUT2D eigenvalue weighted by molar-refractivity contribution is -0.157. The normalized spacial score (nSPS) is 26.8. The highest BCUT2D eigenvalue weighted by molar-refractivity contribution is 5.82. The lowest BCUT2D eigenvalue weighted by Gasteiger charge is -2.44. The van der Waals surface area contributed by atoms with Crippen LogP contribution in [0.3, 0.4) is 0 Å². The fourth-order valence-electron chi connectivity index (χ4n) is 2.30. The van der Waals surface area contributed by atoms with Gasteiger partial charge in [0.25, 0.3) is 0 Å². The molecule has 0 radical (unpaired) electrons. The van der Waals surface area contributed by atoms with E-state index >= 15 is 0 Å². The van der Waals surface area contributed by atoms with Crippen LogP contribution < -0.4 is 5.32 Å². The molecule has 0 aromatic heterocycles. The highest BCUT2D eigenvalue weighted by Crippen LogP contribution is 2.38. The van der Waals surface area contributed by atoms with Crippen molar-refractivity contribution in [2.24, 2.45) is 11.0 Å². The largest absolute Gasteiger partial charge is 0.465 e. The Morgan fingerprint density at radius 1 is 1.65 bits per heavy atom. The van der Waals surface area contributed by atoms with E-state index in [4.69, 9.17) is 10.3 Å². The second kappa shape index (κ2) is 6.47. The minimum absolute atomic E-state index is 0.151. The molecule has 0 atom stereocenters. The van der Waals surface area contributed by atoms with E-state index in [1.54, 1.807) is 0 Å². The van der Waals surface area contributed by atoms with Gasteiger partial charge >= 0.3 is 5.97 Å². The molecule has 0 unspecified atom stereocenters. The summed E-state index contributed by atoms with van der Waals surface area (Å²) in [7, 11) is 0. The summed E-state index contributed by atoms with van der Waals surface area (Å²) >= 11 is 0. The summed E-state index contributed by atoms with van der Waals surface area (Å²) in [6, 6.07) is 0. The first-order chi connectivity index (χ1) is 8.14. The molecule has 1 saturated carbocycles. The van der Waals surface area contributed by atoms with Crippen molar-refractivity contribution in [3.05, 3.63) is 10.4 Å². The Morgan fingerprint density at radius 3 is 2.88 bits per heavy atom. The fourth-order valence-corrected chi connectivity index (χ4v) is 2.30. The molecule has 0 amide bonds. The number of rotatable bonds is 7. The zero-order valence-electron chi connectivity index (χ0n) is 10.5. The molecule has 0 heterocycles. The standard InChI is InChI=1S/C11H20N4O2/c1-3-17-10(16)11(7-9(2)8-11)13-5-4-6-14-15-12/h9,13H,3-8H2,1-2H3. The molecule has 0 aromatic carbocycles. The van der Waals surface area contributed by atoms with Crippen molar-refractivity contribution in [2.45, 2.75) is 38.6 Å². The van der Waals surface area contributed by atoms with Gasteiger partial charge in [-0.1, -0.05) is 12.0 Å². The van der Waals surface area contributed by atoms with Crippen LogP contribution in [0.15, 0.2) is 5.11 Å². The van der Waals surface area contributed by atoms with E-state index in [1.807, 2.05) is 6.92 Å². The molecule has 0 saturated heterocycles. The first-order valence-electron chi connectivity index (χ1n) is 6.07. The molecular weight excluding hydrogens is 220 g/mol. The van der Waals surface area contributed by atoms with E-state index in [0.717, 1.165) is 19.3 Å². The average Bonchev–Trinajstić information content (AvgIpc) is 2.26. The predicted octanol–water partition coefficient (Wildman–Crippen LogP) is 2.01. The van der Waals surface area contributed by atoms with Crippen LogP contribution in [0.4, 0.5) is 0 Å². The zero-order valence-corrected chi connectivity index (χ0v) is 10.5. The van der Waals surface area contributed by atoms with E-state index in [2.05, 4.69) is 22.3 Å². The lowest BCUT2D eigenvalue weighted by atomic mass is 9.69. The number of ether oxygens (including phenoxy) is 1. The number of hydrogen-bond donors (Lipinski definition) is 1. The smallest absolute Gasteiger partial charge is 0.326 e. The Kier molecular flexibility index (Phi) is 5.25. The van der Waals surface area contributed by atoms with Crippen LogP contribution in [-0.2, 0) is 9.53 Å². The van der Waals surface area contributed by atoms with Gasteiger partial charge in [0.1, 0.15) is 5.54 Å². The summed E-state index contributed by atoms with van der Waals surface area (Å²) in [6.07, 6.45) is 2.39. The molecule has 0 aliphatic heterocycles. The van der Waals surface area contributed by atoms with Crippen molar-refractivity contribution >= 4 is 5.97 Å². The number of azide groups is 1. The van der Waals surface area contributed by atoms with Crippen molar-refractivity contribution in [3.8, 4) is 0 Å². The first kappa shape index (κ1) is 13.8. The van der Waals surface area contributed by atoms with E-state index in [9.17, 15) is 4.79 Å². The molecule has 0 spiro atoms. The third-order valence-electron chi connectivity index (χ3n) is 3.02. The summed E-state index contributed by atoms with van der Waals surface area (Å²) in [5.41, 5.74) is 7.65. The van der Waals surface area contributed by atoms with E-state index < -0.39 is 5.54 Å². The molecule has 6 nitrogen and oxygen atoms in total. The maximum absolute atomic E-state index is 11.8. The Labute approximate surface area is 101 Å². The number of hydrogen-bond acceptors (Lipinski definition) is 4. The van der Waals surface area contributed by atoms with Crippen LogP contribution >= 0.6 is 0 Å². The third kappa shape index (κ3) is 3.61. The number of carbonyl (C=O) groups excluding carboxylic acids is 1. The van der Waals surface area contributed by atoms with Crippen molar-refractivity contribution in [1.29, 1.82) is 0 Å². The van der Waals surface area contributed by atoms with Crippen LogP contribution in [0.2, 0.25) is 0 Å². The van der Waals surface area contributed by atoms with Gasteiger partial charge in [0.15, 0.2) is 0 Å². The average molecular weight is 240 g/mol. The minimum Gasteiger partial charge on any atom is -0.465 e. The monoisotopic (exact) mass is 240 g/mol. The molecule has 6 heteroatoms. The Morgan fingerprint density at radius 2 is 2.35 bits per heavy atom. The fraction of sp³-hybridized carbons (Fsp3) is 0.909. The molecule has 17 heavy (non-hydrogen) atoms. The molecule has 0 bridgehead atoms. The number of carbonyl (C=O) groups is 1. The summed E-state index contributed by atoms with van der Waals surface area (Å²) in [6.45, 7) is 5.48. The summed E-state index contributed by atoms with van der Waals surface area (Å²) in [5.74, 6) is 0.408. The Bertz CT molecular complexity index is 307. The molecule has 0 aromatic rings. The van der Waals surface area contributed by atoms with Gasteiger partial charge in [-0.05, 0) is 44.2 Å². The first-order valence-corrected chi connectivity index (χ1v) is 6.07. The molecule has 1 aliphatic rings. The molecular formula is C11H20N4O2. The molecule has 1 fully saturated rings. The third-order valence-corrected chi connectivity index (χ3v) is 3.02. The summed E-state index contributed by atoms with van der Waals surface area (Å²) in [5, 5.41) is 6.70. The van der Waals surface area contributed by atoms with E-state index in [-0.39, 0.29) is 5.97 Å². The van der Waals surface area contributed by atoms with Gasteiger partial charge in [0.2, 0.25) is 0 Å². The highest BCUT2D eigenvalue weighted by Gasteiger charge is 2.48. The van der Waals surface area contributed by atoms with Crippen LogP contribution in [0.5, 0.6) is 0 Å². The van der Waals surface area contributed by atoms with Crippen molar-refractivity contribution in [3.63, 3.8) is 0 Å². The summed E-state index contributed by atoms with van der Waals surface area (Å²) in [4.78, 5) is 14.5. The predicted molar refractivity (Wildman–Crippen MR) is 64.4 cm³/mol. The number of esters is 1. The second-order valence-corrected chi connectivity index (χ2v) is 4.55. The van der Waals surface area contributed by atoms with Gasteiger partial charge < -0.3 is 10.1 Å². The molecule has 1 rings (SSSR count). The van der Waals surface area contributed by atoms with Crippen molar-refractivity contribution in [2.75, 3.05) is 19.7 Å².